The maximum Gasteiger partial charge on any atom is 0.280 e. The molecule has 1 aromatic carbocycles. The van der Waals surface area contributed by atoms with Crippen LogP contribution in [0.15, 0.2) is 30.5 Å². The number of aromatic nitrogens is 1. The Morgan fingerprint density at radius 2 is 2.00 bits per heavy atom. The van der Waals surface area contributed by atoms with Crippen LogP contribution >= 0.6 is 22.9 Å². The van der Waals surface area contributed by atoms with Crippen LogP contribution in [0.1, 0.15) is 29.6 Å². The predicted octanol–water partition coefficient (Wildman–Crippen LogP) is 3.68. The first kappa shape index (κ1) is 16.1. The molecule has 5 rings (SSSR count). The number of carbonyl (C=O) groups excluding carboxylic acids is 1. The van der Waals surface area contributed by atoms with E-state index in [2.05, 4.69) is 22.1 Å². The molecule has 3 aliphatic heterocycles. The summed E-state index contributed by atoms with van der Waals surface area (Å²) in [6, 6.07) is 8.26. The van der Waals surface area contributed by atoms with Gasteiger partial charge in [-0.2, -0.15) is 0 Å². The summed E-state index contributed by atoms with van der Waals surface area (Å²) < 4.78 is 0. The van der Waals surface area contributed by atoms with Crippen LogP contribution in [0, 0.1) is 5.92 Å². The SMILES string of the molecule is C[C@@H]1[C@H](NC(=O)c2ncc(-c3ccc(Cl)cc3)s2)C2CCN1CC2. The number of benzene rings is 1. The zero-order valence-corrected chi connectivity index (χ0v) is 15.1. The number of carbonyl (C=O) groups is 1. The minimum Gasteiger partial charge on any atom is -0.345 e. The van der Waals surface area contributed by atoms with Crippen molar-refractivity contribution in [3.63, 3.8) is 0 Å². The summed E-state index contributed by atoms with van der Waals surface area (Å²) in [5.41, 5.74) is 1.03. The van der Waals surface area contributed by atoms with Gasteiger partial charge in [-0.3, -0.25) is 9.69 Å². The summed E-state index contributed by atoms with van der Waals surface area (Å²) in [4.78, 5) is 20.4. The Balaban J connectivity index is 1.48. The second-order valence-electron chi connectivity index (χ2n) is 6.65. The van der Waals surface area contributed by atoms with Crippen LogP contribution in [-0.4, -0.2) is 41.0 Å². The summed E-state index contributed by atoms with van der Waals surface area (Å²) in [5.74, 6) is 0.551. The Kier molecular flexibility index (Phi) is 4.33. The number of amides is 1. The monoisotopic (exact) mass is 361 g/mol. The van der Waals surface area contributed by atoms with Gasteiger partial charge in [0.25, 0.3) is 5.91 Å². The highest BCUT2D eigenvalue weighted by atomic mass is 35.5. The van der Waals surface area contributed by atoms with E-state index in [1.807, 2.05) is 24.3 Å². The van der Waals surface area contributed by atoms with Gasteiger partial charge in [0.1, 0.15) is 0 Å². The molecule has 1 amide bonds. The van der Waals surface area contributed by atoms with Crippen molar-refractivity contribution in [1.82, 2.24) is 15.2 Å². The number of halogens is 1. The Labute approximate surface area is 150 Å². The molecule has 3 saturated heterocycles. The van der Waals surface area contributed by atoms with Crippen molar-refractivity contribution in [2.45, 2.75) is 31.8 Å². The van der Waals surface area contributed by atoms with Crippen LogP contribution in [0.2, 0.25) is 5.02 Å². The molecule has 24 heavy (non-hydrogen) atoms. The second kappa shape index (κ2) is 6.47. The van der Waals surface area contributed by atoms with Gasteiger partial charge in [-0.25, -0.2) is 4.98 Å². The van der Waals surface area contributed by atoms with E-state index in [0.717, 1.165) is 23.5 Å². The van der Waals surface area contributed by atoms with Gasteiger partial charge in [0.05, 0.1) is 4.88 Å². The fourth-order valence-corrected chi connectivity index (χ4v) is 4.84. The molecule has 1 N–H and O–H groups in total. The van der Waals surface area contributed by atoms with Crippen molar-refractivity contribution in [3.05, 3.63) is 40.5 Å². The van der Waals surface area contributed by atoms with Crippen LogP contribution in [0.25, 0.3) is 10.4 Å². The van der Waals surface area contributed by atoms with Gasteiger partial charge in [0.15, 0.2) is 5.01 Å². The number of fused-ring (bicyclic) bond motifs is 3. The minimum atomic E-state index is -0.0502. The van der Waals surface area contributed by atoms with Crippen molar-refractivity contribution >= 4 is 28.8 Å². The molecular formula is C18H20ClN3OS. The number of rotatable bonds is 3. The maximum atomic E-state index is 12.6. The lowest BCUT2D eigenvalue weighted by molar-refractivity contribution is 0.0217. The van der Waals surface area contributed by atoms with Crippen LogP contribution in [0.3, 0.4) is 0 Å². The van der Waals surface area contributed by atoms with E-state index in [4.69, 9.17) is 11.6 Å². The number of thiazole rings is 1. The second-order valence-corrected chi connectivity index (χ2v) is 8.12. The van der Waals surface area contributed by atoms with E-state index in [-0.39, 0.29) is 11.9 Å². The lowest BCUT2D eigenvalue weighted by Crippen LogP contribution is -2.62. The summed E-state index contributed by atoms with van der Waals surface area (Å²) in [5, 5.41) is 4.47. The summed E-state index contributed by atoms with van der Waals surface area (Å²) in [6.45, 7) is 4.55. The molecule has 2 aromatic rings. The largest absolute Gasteiger partial charge is 0.345 e. The third-order valence-corrected chi connectivity index (χ3v) is 6.60. The van der Waals surface area contributed by atoms with Crippen molar-refractivity contribution < 1.29 is 4.79 Å². The van der Waals surface area contributed by atoms with E-state index in [1.54, 1.807) is 6.20 Å². The lowest BCUT2D eigenvalue weighted by atomic mass is 9.79. The molecule has 0 saturated carbocycles. The molecule has 4 heterocycles. The number of piperidine rings is 3. The molecule has 126 valence electrons. The van der Waals surface area contributed by atoms with E-state index >= 15 is 0 Å². The normalized spacial score (nSPS) is 28.8. The molecule has 6 heteroatoms. The van der Waals surface area contributed by atoms with Gasteiger partial charge in [-0.15, -0.1) is 11.3 Å². The molecular weight excluding hydrogens is 342 g/mol. The Bertz CT molecular complexity index is 735. The van der Waals surface area contributed by atoms with Gasteiger partial charge in [0, 0.05) is 23.3 Å². The molecule has 2 bridgehead atoms. The third kappa shape index (κ3) is 2.96. The zero-order valence-electron chi connectivity index (χ0n) is 13.5. The van der Waals surface area contributed by atoms with E-state index in [0.29, 0.717) is 22.0 Å². The highest BCUT2D eigenvalue weighted by Gasteiger charge is 2.40. The molecule has 3 aliphatic rings. The average Bonchev–Trinajstić information content (AvgIpc) is 3.09. The lowest BCUT2D eigenvalue weighted by Gasteiger charge is -2.49. The first-order valence-corrected chi connectivity index (χ1v) is 9.58. The van der Waals surface area contributed by atoms with Crippen molar-refractivity contribution in [2.75, 3.05) is 13.1 Å². The number of hydrogen-bond donors (Lipinski definition) is 1. The van der Waals surface area contributed by atoms with Crippen molar-refractivity contribution in [2.24, 2.45) is 5.92 Å². The summed E-state index contributed by atoms with van der Waals surface area (Å²) in [6.07, 6.45) is 4.13. The predicted molar refractivity (Wildman–Crippen MR) is 97.6 cm³/mol. The van der Waals surface area contributed by atoms with Crippen LogP contribution in [-0.2, 0) is 0 Å². The quantitative estimate of drug-likeness (QED) is 0.907. The zero-order chi connectivity index (χ0) is 16.7. The number of nitrogens with zero attached hydrogens (tertiary/aromatic N) is 2. The molecule has 4 nitrogen and oxygen atoms in total. The first-order valence-electron chi connectivity index (χ1n) is 8.38. The minimum absolute atomic E-state index is 0.0502. The fraction of sp³-hybridized carbons (Fsp3) is 0.444. The summed E-state index contributed by atoms with van der Waals surface area (Å²) in [7, 11) is 0. The van der Waals surface area contributed by atoms with Crippen molar-refractivity contribution in [3.8, 4) is 10.4 Å². The topological polar surface area (TPSA) is 45.2 Å². The van der Waals surface area contributed by atoms with Crippen LogP contribution < -0.4 is 5.32 Å². The van der Waals surface area contributed by atoms with Gasteiger partial charge >= 0.3 is 0 Å². The van der Waals surface area contributed by atoms with Gasteiger partial charge in [0.2, 0.25) is 0 Å². The van der Waals surface area contributed by atoms with Crippen LogP contribution in [0.5, 0.6) is 0 Å². The van der Waals surface area contributed by atoms with Gasteiger partial charge in [-0.05, 0) is 56.5 Å². The van der Waals surface area contributed by atoms with Gasteiger partial charge < -0.3 is 5.32 Å². The fourth-order valence-electron chi connectivity index (χ4n) is 3.89. The molecule has 3 fully saturated rings. The molecule has 2 atom stereocenters. The Morgan fingerprint density at radius 1 is 1.29 bits per heavy atom. The van der Waals surface area contributed by atoms with E-state index < -0.39 is 0 Å². The third-order valence-electron chi connectivity index (χ3n) is 5.30. The Hall–Kier alpha value is -1.43. The number of nitrogens with one attached hydrogen (secondary N) is 1. The van der Waals surface area contributed by atoms with E-state index in [1.165, 1.54) is 24.2 Å². The molecule has 0 aliphatic carbocycles. The maximum absolute atomic E-state index is 12.6. The Morgan fingerprint density at radius 3 is 2.67 bits per heavy atom. The van der Waals surface area contributed by atoms with E-state index in [9.17, 15) is 4.79 Å². The summed E-state index contributed by atoms with van der Waals surface area (Å²) >= 11 is 7.36. The molecule has 0 radical (unpaired) electrons. The van der Waals surface area contributed by atoms with Crippen molar-refractivity contribution in [1.29, 1.82) is 0 Å². The molecule has 0 unspecified atom stereocenters. The standard InChI is InChI=1S/C18H20ClN3OS/c1-11-16(13-6-8-22(11)9-7-13)21-17(23)18-20-10-15(24-18)12-2-4-14(19)5-3-12/h2-5,10-11,13,16H,6-9H2,1H3,(H,21,23)/t11-,16+/m1/s1. The van der Waals surface area contributed by atoms with Crippen LogP contribution in [0.4, 0.5) is 0 Å². The average molecular weight is 362 g/mol. The highest BCUT2D eigenvalue weighted by Crippen LogP contribution is 2.33. The molecule has 1 aromatic heterocycles. The van der Waals surface area contributed by atoms with Gasteiger partial charge in [-0.1, -0.05) is 23.7 Å². The first-order chi connectivity index (χ1) is 11.6. The number of hydrogen-bond acceptors (Lipinski definition) is 4. The molecule has 0 spiro atoms. The highest BCUT2D eigenvalue weighted by molar-refractivity contribution is 7.17. The smallest absolute Gasteiger partial charge is 0.280 e.